The van der Waals surface area contributed by atoms with Gasteiger partial charge in [-0.2, -0.15) is 0 Å². The average Bonchev–Trinajstić information content (AvgIpc) is 2.15. The zero-order valence-electron chi connectivity index (χ0n) is 11.2. The lowest BCUT2D eigenvalue weighted by Gasteiger charge is -2.46. The molecule has 0 bridgehead atoms. The summed E-state index contributed by atoms with van der Waals surface area (Å²) in [6.07, 6.45) is 8.88. The van der Waals surface area contributed by atoms with E-state index in [9.17, 15) is 5.11 Å². The van der Waals surface area contributed by atoms with Crippen LogP contribution in [0.5, 0.6) is 0 Å². The first-order valence-corrected chi connectivity index (χ1v) is 6.77. The van der Waals surface area contributed by atoms with Gasteiger partial charge in [0.15, 0.2) is 0 Å². The first-order chi connectivity index (χ1) is 7.33. The van der Waals surface area contributed by atoms with Gasteiger partial charge in [0.2, 0.25) is 0 Å². The van der Waals surface area contributed by atoms with Gasteiger partial charge < -0.3 is 5.11 Å². The number of fused-ring (bicyclic) bond motifs is 1. The summed E-state index contributed by atoms with van der Waals surface area (Å²) < 4.78 is 0. The van der Waals surface area contributed by atoms with Gasteiger partial charge in [0.1, 0.15) is 0 Å². The molecule has 2 aliphatic rings. The minimum Gasteiger partial charge on any atom is -0.390 e. The molecule has 3 atom stereocenters. The van der Waals surface area contributed by atoms with Crippen LogP contribution in [0, 0.1) is 17.3 Å². The predicted octanol–water partition coefficient (Wildman–Crippen LogP) is 3.92. The maximum absolute atomic E-state index is 10.2. The van der Waals surface area contributed by atoms with Gasteiger partial charge in [-0.1, -0.05) is 31.9 Å². The van der Waals surface area contributed by atoms with Crippen LogP contribution in [0.25, 0.3) is 0 Å². The molecule has 1 nitrogen and oxygen atoms in total. The highest BCUT2D eigenvalue weighted by Gasteiger charge is 2.41. The van der Waals surface area contributed by atoms with E-state index in [2.05, 4.69) is 19.9 Å². The van der Waals surface area contributed by atoms with Crippen molar-refractivity contribution in [3.63, 3.8) is 0 Å². The summed E-state index contributed by atoms with van der Waals surface area (Å²) in [6.45, 7) is 8.68. The Hall–Kier alpha value is -0.300. The Morgan fingerprint density at radius 3 is 2.62 bits per heavy atom. The van der Waals surface area contributed by atoms with Crippen molar-refractivity contribution >= 4 is 0 Å². The van der Waals surface area contributed by atoms with E-state index >= 15 is 0 Å². The number of hydrogen-bond donors (Lipinski definition) is 1. The van der Waals surface area contributed by atoms with E-state index in [1.165, 1.54) is 25.7 Å². The van der Waals surface area contributed by atoms with Crippen molar-refractivity contribution in [3.05, 3.63) is 11.6 Å². The molecule has 0 aromatic rings. The second-order valence-electron chi connectivity index (χ2n) is 6.77. The highest BCUT2D eigenvalue weighted by molar-refractivity contribution is 5.23. The van der Waals surface area contributed by atoms with Crippen molar-refractivity contribution in [3.8, 4) is 0 Å². The molecular formula is C15H26O. The van der Waals surface area contributed by atoms with Crippen LogP contribution in [-0.2, 0) is 0 Å². The first-order valence-electron chi connectivity index (χ1n) is 6.77. The molecule has 1 heteroatoms. The van der Waals surface area contributed by atoms with Gasteiger partial charge in [-0.15, -0.1) is 0 Å². The molecule has 92 valence electrons. The monoisotopic (exact) mass is 222 g/mol. The van der Waals surface area contributed by atoms with E-state index in [1.54, 1.807) is 5.57 Å². The largest absolute Gasteiger partial charge is 0.390 e. The van der Waals surface area contributed by atoms with Crippen molar-refractivity contribution < 1.29 is 5.11 Å². The van der Waals surface area contributed by atoms with E-state index < -0.39 is 5.60 Å². The van der Waals surface area contributed by atoms with E-state index in [4.69, 9.17) is 0 Å². The molecule has 1 saturated carbocycles. The maximum atomic E-state index is 10.2. The van der Waals surface area contributed by atoms with E-state index in [-0.39, 0.29) is 0 Å². The molecule has 0 aromatic heterocycles. The molecule has 0 amide bonds. The van der Waals surface area contributed by atoms with Gasteiger partial charge in [0.25, 0.3) is 0 Å². The van der Waals surface area contributed by atoms with Crippen LogP contribution in [0.4, 0.5) is 0 Å². The van der Waals surface area contributed by atoms with Crippen LogP contribution in [0.1, 0.15) is 59.8 Å². The van der Waals surface area contributed by atoms with Crippen LogP contribution in [-0.4, -0.2) is 10.7 Å². The van der Waals surface area contributed by atoms with Gasteiger partial charge in [-0.3, -0.25) is 0 Å². The van der Waals surface area contributed by atoms with Gasteiger partial charge in [-0.25, -0.2) is 0 Å². The zero-order chi connectivity index (χ0) is 12.0. The predicted molar refractivity (Wildman–Crippen MR) is 68.2 cm³/mol. The van der Waals surface area contributed by atoms with Crippen LogP contribution in [0.15, 0.2) is 11.6 Å². The smallest absolute Gasteiger partial charge is 0.0654 e. The second-order valence-corrected chi connectivity index (χ2v) is 6.77. The molecule has 0 aliphatic heterocycles. The summed E-state index contributed by atoms with van der Waals surface area (Å²) in [6, 6.07) is 0. The normalized spacial score (nSPS) is 40.2. The fourth-order valence-corrected chi connectivity index (χ4v) is 3.66. The summed E-state index contributed by atoms with van der Waals surface area (Å²) in [5.74, 6) is 1.08. The quantitative estimate of drug-likeness (QED) is 0.667. The molecule has 1 N–H and O–H groups in total. The third kappa shape index (κ3) is 2.07. The number of rotatable bonds is 1. The highest BCUT2D eigenvalue weighted by atomic mass is 16.3. The van der Waals surface area contributed by atoms with Crippen molar-refractivity contribution in [2.24, 2.45) is 17.3 Å². The van der Waals surface area contributed by atoms with E-state index in [0.29, 0.717) is 11.3 Å². The van der Waals surface area contributed by atoms with Gasteiger partial charge in [0, 0.05) is 5.92 Å². The van der Waals surface area contributed by atoms with Crippen LogP contribution < -0.4 is 0 Å². The lowest BCUT2D eigenvalue weighted by Crippen LogP contribution is -2.38. The lowest BCUT2D eigenvalue weighted by atomic mass is 9.60. The number of hydrogen-bond acceptors (Lipinski definition) is 1. The second kappa shape index (κ2) is 3.87. The summed E-state index contributed by atoms with van der Waals surface area (Å²) in [5, 5.41) is 10.2. The third-order valence-electron chi connectivity index (χ3n) is 4.89. The molecule has 3 unspecified atom stereocenters. The van der Waals surface area contributed by atoms with Crippen molar-refractivity contribution in [2.45, 2.75) is 65.4 Å². The summed E-state index contributed by atoms with van der Waals surface area (Å²) in [5.41, 5.74) is 1.53. The van der Waals surface area contributed by atoms with Crippen molar-refractivity contribution in [1.29, 1.82) is 0 Å². The molecule has 0 aromatic carbocycles. The Bertz CT molecular complexity index is 297. The topological polar surface area (TPSA) is 20.2 Å². The van der Waals surface area contributed by atoms with Gasteiger partial charge in [0.05, 0.1) is 5.60 Å². The third-order valence-corrected chi connectivity index (χ3v) is 4.89. The van der Waals surface area contributed by atoms with Gasteiger partial charge in [-0.05, 0) is 50.9 Å². The first kappa shape index (κ1) is 12.2. The van der Waals surface area contributed by atoms with E-state index in [1.807, 2.05) is 13.8 Å². The van der Waals surface area contributed by atoms with Crippen LogP contribution >= 0.6 is 0 Å². The maximum Gasteiger partial charge on any atom is 0.0654 e. The molecule has 0 spiro atoms. The Kier molecular flexibility index (Phi) is 2.94. The summed E-state index contributed by atoms with van der Waals surface area (Å²) >= 11 is 0. The Morgan fingerprint density at radius 1 is 1.31 bits per heavy atom. The fraction of sp³-hybridized carbons (Fsp3) is 0.867. The minimum absolute atomic E-state index is 0.358. The average molecular weight is 222 g/mol. The van der Waals surface area contributed by atoms with Gasteiger partial charge >= 0.3 is 0 Å². The molecule has 2 aliphatic carbocycles. The summed E-state index contributed by atoms with van der Waals surface area (Å²) in [4.78, 5) is 0. The molecular weight excluding hydrogens is 196 g/mol. The number of allylic oxidation sites excluding steroid dienone is 1. The molecule has 0 radical (unpaired) electrons. The fourth-order valence-electron chi connectivity index (χ4n) is 3.66. The Balaban J connectivity index is 2.29. The summed E-state index contributed by atoms with van der Waals surface area (Å²) in [7, 11) is 0. The van der Waals surface area contributed by atoms with Crippen LogP contribution in [0.2, 0.25) is 0 Å². The number of aliphatic hydroxyl groups is 1. The molecule has 2 rings (SSSR count). The van der Waals surface area contributed by atoms with E-state index in [0.717, 1.165) is 12.3 Å². The minimum atomic E-state index is -0.550. The standard InChI is InChI=1S/C15H26O/c1-11-6-5-8-15(4)9-7-12(10-13(11)15)14(2,3)16/h10-12,16H,5-9H2,1-4H3. The molecule has 1 fully saturated rings. The molecule has 0 heterocycles. The Morgan fingerprint density at radius 2 is 2.00 bits per heavy atom. The zero-order valence-corrected chi connectivity index (χ0v) is 11.2. The van der Waals surface area contributed by atoms with Crippen LogP contribution in [0.3, 0.4) is 0 Å². The lowest BCUT2D eigenvalue weighted by molar-refractivity contribution is 0.0208. The SMILES string of the molecule is CC1CCCC2(C)CCC(C(C)(C)O)C=C12. The molecule has 0 saturated heterocycles. The Labute approximate surface area is 99.9 Å². The van der Waals surface area contributed by atoms with Crippen molar-refractivity contribution in [1.82, 2.24) is 0 Å². The highest BCUT2D eigenvalue weighted by Crippen LogP contribution is 2.51. The molecule has 16 heavy (non-hydrogen) atoms. The van der Waals surface area contributed by atoms with Crippen molar-refractivity contribution in [2.75, 3.05) is 0 Å².